The van der Waals surface area contributed by atoms with Crippen LogP contribution >= 0.6 is 0 Å². The van der Waals surface area contributed by atoms with Crippen LogP contribution in [0.5, 0.6) is 11.5 Å². The van der Waals surface area contributed by atoms with Crippen LogP contribution in [0.25, 0.3) is 0 Å². The smallest absolute Gasteiger partial charge is 0.508 e. The summed E-state index contributed by atoms with van der Waals surface area (Å²) in [5, 5.41) is 17.1. The summed E-state index contributed by atoms with van der Waals surface area (Å²) in [5.74, 6) is -0.898. The summed E-state index contributed by atoms with van der Waals surface area (Å²) >= 11 is 0. The van der Waals surface area contributed by atoms with Gasteiger partial charge in [0.1, 0.15) is 23.1 Å². The largest absolute Gasteiger partial charge is 2.00 e. The summed E-state index contributed by atoms with van der Waals surface area (Å²) in [6.45, 7) is 0. The van der Waals surface area contributed by atoms with E-state index >= 15 is 0 Å². The molecular formula is C22H20F2O2Zr. The Kier molecular flexibility index (Phi) is 14.3. The van der Waals surface area contributed by atoms with E-state index in [0.717, 1.165) is 12.1 Å². The zero-order valence-corrected chi connectivity index (χ0v) is 17.0. The third kappa shape index (κ3) is 14.3. The Hall–Kier alpha value is -2.52. The summed E-state index contributed by atoms with van der Waals surface area (Å²) in [6, 6.07) is 30.4. The molecule has 0 bridgehead atoms. The molecule has 0 saturated heterocycles. The predicted octanol–water partition coefficient (Wildman–Crippen LogP) is 5.87. The van der Waals surface area contributed by atoms with Gasteiger partial charge >= 0.3 is 26.2 Å². The van der Waals surface area contributed by atoms with Gasteiger partial charge in [0.15, 0.2) is 0 Å². The minimum atomic E-state index is -0.412. The molecule has 4 rings (SSSR count). The van der Waals surface area contributed by atoms with Crippen molar-refractivity contribution in [2.75, 3.05) is 0 Å². The van der Waals surface area contributed by atoms with Crippen LogP contribution in [0.15, 0.2) is 109 Å². The first kappa shape index (κ1) is 24.5. The van der Waals surface area contributed by atoms with Crippen LogP contribution in [-0.4, -0.2) is 10.2 Å². The summed E-state index contributed by atoms with van der Waals surface area (Å²) in [4.78, 5) is 0. The molecule has 138 valence electrons. The number of benzene rings is 2. The first-order chi connectivity index (χ1) is 12.6. The normalized spacial score (nSPS) is 8.37. The van der Waals surface area contributed by atoms with Crippen LogP contribution in [0, 0.1) is 11.6 Å². The second kappa shape index (κ2) is 15.7. The third-order valence-electron chi connectivity index (χ3n) is 2.73. The molecule has 4 aromatic rings. The van der Waals surface area contributed by atoms with E-state index in [0.29, 0.717) is 0 Å². The van der Waals surface area contributed by atoms with E-state index in [2.05, 4.69) is 0 Å². The van der Waals surface area contributed by atoms with E-state index < -0.39 is 11.6 Å². The SMILES string of the molecule is Oc1cccc(F)c1.Oc1cccc(F)c1.[Zr+2].c1cc[cH-]c1.c1cc[cH-]c1. The quantitative estimate of drug-likeness (QED) is 0.332. The Labute approximate surface area is 177 Å². The van der Waals surface area contributed by atoms with Crippen LogP contribution in [0.2, 0.25) is 0 Å². The second-order valence-corrected chi connectivity index (χ2v) is 4.88. The van der Waals surface area contributed by atoms with Gasteiger partial charge in [-0.15, -0.1) is 0 Å². The Bertz CT molecular complexity index is 662. The van der Waals surface area contributed by atoms with E-state index in [1.807, 2.05) is 60.7 Å². The van der Waals surface area contributed by atoms with Gasteiger partial charge in [-0.3, -0.25) is 0 Å². The zero-order chi connectivity index (χ0) is 19.0. The van der Waals surface area contributed by atoms with Crippen LogP contribution in [-0.2, 0) is 26.2 Å². The van der Waals surface area contributed by atoms with Gasteiger partial charge in [-0.2, -0.15) is 36.4 Å². The Morgan fingerprint density at radius 3 is 1.04 bits per heavy atom. The molecule has 0 saturated carbocycles. The molecule has 2 nitrogen and oxygen atoms in total. The van der Waals surface area contributed by atoms with Crippen molar-refractivity contribution in [2.45, 2.75) is 0 Å². The molecule has 0 aromatic heterocycles. The number of halogens is 2. The Morgan fingerprint density at radius 1 is 0.556 bits per heavy atom. The molecule has 0 atom stereocenters. The zero-order valence-electron chi connectivity index (χ0n) is 14.5. The standard InChI is InChI=1S/2C6H5FO.2C5H5.Zr/c2*7-5-2-1-3-6(8)4-5;2*1-2-4-5-3-1;/h2*1-4,8H;2*1-5H;/q;;2*-1;+2. The molecule has 0 unspecified atom stereocenters. The molecule has 0 heterocycles. The minimum absolute atomic E-state index is 0. The average molecular weight is 446 g/mol. The van der Waals surface area contributed by atoms with Crippen LogP contribution in [0.3, 0.4) is 0 Å². The molecule has 0 fully saturated rings. The van der Waals surface area contributed by atoms with E-state index in [1.54, 1.807) is 0 Å². The maximum Gasteiger partial charge on any atom is 2.00 e. The van der Waals surface area contributed by atoms with Gasteiger partial charge in [0, 0.05) is 12.1 Å². The molecule has 0 aliphatic rings. The summed E-state index contributed by atoms with van der Waals surface area (Å²) < 4.78 is 24.0. The van der Waals surface area contributed by atoms with Crippen molar-refractivity contribution < 1.29 is 45.2 Å². The van der Waals surface area contributed by atoms with Gasteiger partial charge in [-0.05, 0) is 24.3 Å². The van der Waals surface area contributed by atoms with E-state index in [9.17, 15) is 8.78 Å². The third-order valence-corrected chi connectivity index (χ3v) is 2.73. The van der Waals surface area contributed by atoms with Crippen molar-refractivity contribution in [3.8, 4) is 11.5 Å². The number of phenols is 2. The van der Waals surface area contributed by atoms with E-state index in [1.165, 1.54) is 36.4 Å². The summed E-state index contributed by atoms with van der Waals surface area (Å²) in [5.41, 5.74) is 0. The molecule has 4 aromatic carbocycles. The molecule has 0 amide bonds. The molecule has 0 spiro atoms. The summed E-state index contributed by atoms with van der Waals surface area (Å²) in [6.07, 6.45) is 0. The van der Waals surface area contributed by atoms with Crippen molar-refractivity contribution in [1.29, 1.82) is 0 Å². The van der Waals surface area contributed by atoms with Crippen LogP contribution in [0.1, 0.15) is 0 Å². The Balaban J connectivity index is 0.000000337. The maximum absolute atomic E-state index is 12.0. The summed E-state index contributed by atoms with van der Waals surface area (Å²) in [7, 11) is 0. The van der Waals surface area contributed by atoms with Crippen LogP contribution < -0.4 is 0 Å². The van der Waals surface area contributed by atoms with Crippen molar-refractivity contribution in [3.63, 3.8) is 0 Å². The average Bonchev–Trinajstić information content (AvgIpc) is 3.34. The fourth-order valence-electron chi connectivity index (χ4n) is 1.59. The van der Waals surface area contributed by atoms with Crippen molar-refractivity contribution >= 4 is 0 Å². The molecule has 5 heteroatoms. The molecule has 0 aliphatic heterocycles. The second-order valence-electron chi connectivity index (χ2n) is 4.88. The fourth-order valence-corrected chi connectivity index (χ4v) is 1.59. The molecule has 2 N–H and O–H groups in total. The topological polar surface area (TPSA) is 40.5 Å². The number of rotatable bonds is 0. The monoisotopic (exact) mass is 444 g/mol. The Morgan fingerprint density at radius 2 is 0.889 bits per heavy atom. The molecule has 27 heavy (non-hydrogen) atoms. The fraction of sp³-hybridized carbons (Fsp3) is 0. The minimum Gasteiger partial charge on any atom is -0.508 e. The van der Waals surface area contributed by atoms with Gasteiger partial charge in [0.25, 0.3) is 0 Å². The number of hydrogen-bond acceptors (Lipinski definition) is 2. The van der Waals surface area contributed by atoms with Crippen molar-refractivity contribution in [1.82, 2.24) is 0 Å². The molecule has 0 radical (unpaired) electrons. The van der Waals surface area contributed by atoms with E-state index in [4.69, 9.17) is 10.2 Å². The van der Waals surface area contributed by atoms with Crippen molar-refractivity contribution in [2.24, 2.45) is 0 Å². The van der Waals surface area contributed by atoms with Gasteiger partial charge < -0.3 is 10.2 Å². The number of aromatic hydroxyl groups is 2. The predicted molar refractivity (Wildman–Crippen MR) is 100 cm³/mol. The van der Waals surface area contributed by atoms with Gasteiger partial charge in [-0.1, -0.05) is 12.1 Å². The number of phenolic OH excluding ortho intramolecular Hbond substituents is 2. The first-order valence-corrected chi connectivity index (χ1v) is 7.80. The molecule has 0 aliphatic carbocycles. The van der Waals surface area contributed by atoms with Gasteiger partial charge in [0.05, 0.1) is 0 Å². The van der Waals surface area contributed by atoms with Gasteiger partial charge in [0.2, 0.25) is 0 Å². The van der Waals surface area contributed by atoms with Crippen LogP contribution in [0.4, 0.5) is 8.78 Å². The van der Waals surface area contributed by atoms with Gasteiger partial charge in [-0.25, -0.2) is 33.0 Å². The van der Waals surface area contributed by atoms with E-state index in [-0.39, 0.29) is 37.7 Å². The number of hydrogen-bond donors (Lipinski definition) is 2. The first-order valence-electron chi connectivity index (χ1n) is 7.80. The van der Waals surface area contributed by atoms with Crippen molar-refractivity contribution in [3.05, 3.63) is 121 Å². The maximum atomic E-state index is 12.0. The molecular weight excluding hydrogens is 425 g/mol.